The van der Waals surface area contributed by atoms with Crippen LogP contribution in [0.1, 0.15) is 18.4 Å². The van der Waals surface area contributed by atoms with E-state index in [1.807, 2.05) is 0 Å². The van der Waals surface area contributed by atoms with Gasteiger partial charge in [-0.2, -0.15) is 0 Å². The second-order valence-corrected chi connectivity index (χ2v) is 12.7. The van der Waals surface area contributed by atoms with Crippen LogP contribution in [0.25, 0.3) is 0 Å². The van der Waals surface area contributed by atoms with Crippen molar-refractivity contribution in [3.05, 3.63) is 48.0 Å². The predicted molar refractivity (Wildman–Crippen MR) is 111 cm³/mol. The Morgan fingerprint density at radius 1 is 0.833 bits per heavy atom. The fourth-order valence-electron chi connectivity index (χ4n) is 3.29. The Labute approximate surface area is 176 Å². The zero-order valence-electron chi connectivity index (χ0n) is 16.1. The smallest absolute Gasteiger partial charge is 0.264 e. The van der Waals surface area contributed by atoms with Gasteiger partial charge in [0, 0.05) is 12.6 Å². The Bertz CT molecular complexity index is 1300. The molecule has 1 fully saturated rings. The van der Waals surface area contributed by atoms with E-state index in [-0.39, 0.29) is 27.3 Å². The molecular weight excluding hydrogens is 450 g/mol. The standard InChI is InChI=1S/C18H21N3O6S3/c1-19-28(22,23)17-8-9-18-13(12-17)10-11-21(18)30(26,27)16-6-4-15(5-7-16)29(24,25)20-14-2-3-14/h4-9,12,14,19-20H,2-3,10-11H2,1H3. The molecule has 0 unspecified atom stereocenters. The van der Waals surface area contributed by atoms with Crippen LogP contribution in [0.4, 0.5) is 5.69 Å². The number of sulfonamides is 3. The maximum atomic E-state index is 13.1. The summed E-state index contributed by atoms with van der Waals surface area (Å²) in [5.74, 6) is 0. The van der Waals surface area contributed by atoms with Crippen molar-refractivity contribution < 1.29 is 25.3 Å². The summed E-state index contributed by atoms with van der Waals surface area (Å²) in [6.07, 6.45) is 1.98. The predicted octanol–water partition coefficient (Wildman–Crippen LogP) is 0.787. The molecule has 0 bridgehead atoms. The van der Waals surface area contributed by atoms with E-state index in [2.05, 4.69) is 9.44 Å². The molecule has 2 N–H and O–H groups in total. The topological polar surface area (TPSA) is 130 Å². The average Bonchev–Trinajstić information content (AvgIpc) is 3.40. The van der Waals surface area contributed by atoms with Crippen LogP contribution < -0.4 is 13.7 Å². The molecular formula is C18H21N3O6S3. The van der Waals surface area contributed by atoms with E-state index in [0.717, 1.165) is 12.8 Å². The maximum absolute atomic E-state index is 13.1. The molecule has 1 aliphatic heterocycles. The molecule has 1 aliphatic carbocycles. The summed E-state index contributed by atoms with van der Waals surface area (Å²) in [6, 6.07) is 9.35. The van der Waals surface area contributed by atoms with Gasteiger partial charge in [0.1, 0.15) is 0 Å². The zero-order chi connectivity index (χ0) is 21.7. The maximum Gasteiger partial charge on any atom is 0.264 e. The molecule has 0 radical (unpaired) electrons. The minimum Gasteiger partial charge on any atom is -0.266 e. The summed E-state index contributed by atoms with van der Waals surface area (Å²) in [5.41, 5.74) is 1.03. The number of anilines is 1. The van der Waals surface area contributed by atoms with Gasteiger partial charge in [-0.25, -0.2) is 34.7 Å². The first-order chi connectivity index (χ1) is 14.0. The lowest BCUT2D eigenvalue weighted by Gasteiger charge is -2.20. The van der Waals surface area contributed by atoms with Gasteiger partial charge in [-0.15, -0.1) is 0 Å². The first kappa shape index (κ1) is 21.2. The summed E-state index contributed by atoms with van der Waals surface area (Å²) in [4.78, 5) is 0.0467. The second-order valence-electron chi connectivity index (χ2n) is 7.19. The molecule has 0 saturated heterocycles. The normalized spacial score (nSPS) is 17.2. The van der Waals surface area contributed by atoms with Crippen LogP contribution in [0.5, 0.6) is 0 Å². The van der Waals surface area contributed by atoms with Gasteiger partial charge in [0.15, 0.2) is 0 Å². The van der Waals surface area contributed by atoms with Crippen LogP contribution >= 0.6 is 0 Å². The lowest BCUT2D eigenvalue weighted by molar-refractivity contribution is 0.579. The van der Waals surface area contributed by atoms with Gasteiger partial charge in [0.05, 0.1) is 20.4 Å². The Kier molecular flexibility index (Phi) is 5.18. The summed E-state index contributed by atoms with van der Waals surface area (Å²) >= 11 is 0. The molecule has 4 rings (SSSR count). The molecule has 0 aromatic heterocycles. The number of fused-ring (bicyclic) bond motifs is 1. The van der Waals surface area contributed by atoms with Gasteiger partial charge in [-0.1, -0.05) is 0 Å². The Morgan fingerprint density at radius 3 is 2.03 bits per heavy atom. The highest BCUT2D eigenvalue weighted by Gasteiger charge is 2.33. The summed E-state index contributed by atoms with van der Waals surface area (Å²) in [5, 5.41) is 0. The van der Waals surface area contributed by atoms with Crippen LogP contribution in [0.2, 0.25) is 0 Å². The fraction of sp³-hybridized carbons (Fsp3) is 0.333. The third kappa shape index (κ3) is 3.85. The highest BCUT2D eigenvalue weighted by Crippen LogP contribution is 2.34. The number of hydrogen-bond acceptors (Lipinski definition) is 6. The second kappa shape index (κ2) is 7.31. The van der Waals surface area contributed by atoms with Gasteiger partial charge >= 0.3 is 0 Å². The quantitative estimate of drug-likeness (QED) is 0.614. The average molecular weight is 472 g/mol. The van der Waals surface area contributed by atoms with Gasteiger partial charge in [-0.05, 0) is 74.3 Å². The molecule has 2 aromatic rings. The van der Waals surface area contributed by atoms with Crippen LogP contribution in [-0.2, 0) is 36.5 Å². The summed E-state index contributed by atoms with van der Waals surface area (Å²) < 4.78 is 80.8. The van der Waals surface area contributed by atoms with E-state index in [9.17, 15) is 25.3 Å². The van der Waals surface area contributed by atoms with Crippen molar-refractivity contribution in [3.8, 4) is 0 Å². The van der Waals surface area contributed by atoms with E-state index in [0.29, 0.717) is 17.7 Å². The number of nitrogens with zero attached hydrogens (tertiary/aromatic N) is 1. The lowest BCUT2D eigenvalue weighted by Crippen LogP contribution is -2.29. The molecule has 30 heavy (non-hydrogen) atoms. The van der Waals surface area contributed by atoms with Crippen molar-refractivity contribution in [2.75, 3.05) is 17.9 Å². The van der Waals surface area contributed by atoms with Crippen molar-refractivity contribution >= 4 is 35.8 Å². The van der Waals surface area contributed by atoms with E-state index < -0.39 is 30.1 Å². The molecule has 0 spiro atoms. The van der Waals surface area contributed by atoms with Crippen LogP contribution in [-0.4, -0.2) is 44.9 Å². The minimum absolute atomic E-state index is 0.0112. The van der Waals surface area contributed by atoms with E-state index in [1.54, 1.807) is 0 Å². The first-order valence-electron chi connectivity index (χ1n) is 9.26. The number of benzene rings is 2. The molecule has 9 nitrogen and oxygen atoms in total. The highest BCUT2D eigenvalue weighted by atomic mass is 32.2. The van der Waals surface area contributed by atoms with E-state index in [4.69, 9.17) is 0 Å². The van der Waals surface area contributed by atoms with Crippen LogP contribution in [0.3, 0.4) is 0 Å². The van der Waals surface area contributed by atoms with Crippen molar-refractivity contribution in [2.24, 2.45) is 0 Å². The molecule has 162 valence electrons. The van der Waals surface area contributed by atoms with Gasteiger partial charge < -0.3 is 0 Å². The van der Waals surface area contributed by atoms with Crippen LogP contribution in [0, 0.1) is 0 Å². The minimum atomic E-state index is -3.93. The molecule has 2 aliphatic rings. The van der Waals surface area contributed by atoms with Gasteiger partial charge in [0.25, 0.3) is 10.0 Å². The van der Waals surface area contributed by atoms with E-state index >= 15 is 0 Å². The molecule has 0 atom stereocenters. The first-order valence-corrected chi connectivity index (χ1v) is 13.7. The van der Waals surface area contributed by atoms with Crippen molar-refractivity contribution in [2.45, 2.75) is 40.0 Å². The third-order valence-corrected chi connectivity index (χ3v) is 9.88. The largest absolute Gasteiger partial charge is 0.266 e. The molecule has 1 heterocycles. The number of nitrogens with one attached hydrogen (secondary N) is 2. The summed E-state index contributed by atoms with van der Waals surface area (Å²) in [6.45, 7) is 0.171. The van der Waals surface area contributed by atoms with E-state index in [1.165, 1.54) is 53.8 Å². The molecule has 2 aromatic carbocycles. The number of hydrogen-bond donors (Lipinski definition) is 2. The Balaban J connectivity index is 1.62. The molecule has 1 saturated carbocycles. The third-order valence-electron chi connectivity index (χ3n) is 5.10. The monoisotopic (exact) mass is 471 g/mol. The fourth-order valence-corrected chi connectivity index (χ4v) is 6.88. The lowest BCUT2D eigenvalue weighted by atomic mass is 10.2. The SMILES string of the molecule is CNS(=O)(=O)c1ccc2c(c1)CCN2S(=O)(=O)c1ccc(S(=O)(=O)NC2CC2)cc1. The molecule has 12 heteroatoms. The van der Waals surface area contributed by atoms with Crippen molar-refractivity contribution in [1.82, 2.24) is 9.44 Å². The molecule has 0 amide bonds. The van der Waals surface area contributed by atoms with Gasteiger partial charge in [0.2, 0.25) is 20.0 Å². The van der Waals surface area contributed by atoms with Crippen molar-refractivity contribution in [1.29, 1.82) is 0 Å². The highest BCUT2D eigenvalue weighted by molar-refractivity contribution is 7.93. The van der Waals surface area contributed by atoms with Crippen LogP contribution in [0.15, 0.2) is 57.2 Å². The Hall–Kier alpha value is -1.99. The Morgan fingerprint density at radius 2 is 1.43 bits per heavy atom. The number of rotatable bonds is 7. The van der Waals surface area contributed by atoms with Crippen molar-refractivity contribution in [3.63, 3.8) is 0 Å². The summed E-state index contributed by atoms with van der Waals surface area (Å²) in [7, 11) is -9.92. The zero-order valence-corrected chi connectivity index (χ0v) is 18.5. The van der Waals surface area contributed by atoms with Gasteiger partial charge in [-0.3, -0.25) is 4.31 Å².